The Morgan fingerprint density at radius 3 is 2.73 bits per heavy atom. The van der Waals surface area contributed by atoms with Crippen molar-refractivity contribution in [1.82, 2.24) is 0 Å². The largest absolute Gasteiger partial charge is 0.507 e. The molecule has 0 saturated heterocycles. The lowest BCUT2D eigenvalue weighted by Gasteiger charge is -2.61. The molecule has 0 radical (unpaired) electrons. The highest BCUT2D eigenvalue weighted by molar-refractivity contribution is 5.99. The number of hydrogen-bond donors (Lipinski definition) is 2. The molecule has 2 N–H and O–H groups in total. The summed E-state index contributed by atoms with van der Waals surface area (Å²) < 4.78 is 6.08. The van der Waals surface area contributed by atoms with Crippen LogP contribution in [0.1, 0.15) is 87.2 Å². The van der Waals surface area contributed by atoms with E-state index >= 15 is 0 Å². The first kappa shape index (κ1) is 17.8. The van der Waals surface area contributed by atoms with Crippen molar-refractivity contribution in [2.45, 2.75) is 77.9 Å². The molecule has 142 valence electrons. The maximum absolute atomic E-state index is 12.3. The number of unbranched alkanes of at least 4 members (excludes halogenated alkanes) is 2. The van der Waals surface area contributed by atoms with Gasteiger partial charge in [-0.05, 0) is 49.1 Å². The molecule has 1 aromatic rings. The molecule has 1 heterocycles. The summed E-state index contributed by atoms with van der Waals surface area (Å²) >= 11 is 0. The lowest BCUT2D eigenvalue weighted by Crippen LogP contribution is -2.60. The van der Waals surface area contributed by atoms with E-state index in [1.807, 2.05) is 6.07 Å². The Morgan fingerprint density at radius 1 is 1.35 bits per heavy atom. The zero-order valence-corrected chi connectivity index (χ0v) is 16.3. The summed E-state index contributed by atoms with van der Waals surface area (Å²) in [5, 5.41) is 22.2. The van der Waals surface area contributed by atoms with Gasteiger partial charge in [0.25, 0.3) is 0 Å². The molecule has 0 aromatic heterocycles. The number of carbonyl (C=O) groups is 1. The lowest BCUT2D eigenvalue weighted by atomic mass is 9.46. The second-order valence-corrected chi connectivity index (χ2v) is 9.10. The van der Waals surface area contributed by atoms with Crippen LogP contribution < -0.4 is 4.74 Å². The first-order valence-corrected chi connectivity index (χ1v) is 10.0. The molecule has 2 saturated carbocycles. The molecular weight excluding hydrogens is 328 g/mol. The molecule has 4 rings (SSSR count). The van der Waals surface area contributed by atoms with Gasteiger partial charge < -0.3 is 14.9 Å². The van der Waals surface area contributed by atoms with Crippen LogP contribution in [0.2, 0.25) is 0 Å². The zero-order chi connectivity index (χ0) is 18.9. The molecule has 4 atom stereocenters. The number of benzene rings is 1. The Balaban J connectivity index is 1.85. The van der Waals surface area contributed by atoms with Crippen LogP contribution in [-0.4, -0.2) is 21.8 Å². The monoisotopic (exact) mass is 358 g/mol. The van der Waals surface area contributed by atoms with Gasteiger partial charge in [0, 0.05) is 23.8 Å². The summed E-state index contributed by atoms with van der Waals surface area (Å²) in [6.45, 7) is 8.09. The fourth-order valence-corrected chi connectivity index (χ4v) is 6.04. The predicted octanol–water partition coefficient (Wildman–Crippen LogP) is 4.56. The SMILES string of the molecule is CCCCCc1cc2c(c(O)c1C(C)=O)C1C3[C@@H](CC[C@@]3(O)O2)C1(C)C. The number of aliphatic hydroxyl groups is 1. The van der Waals surface area contributed by atoms with Crippen LogP contribution in [-0.2, 0) is 6.42 Å². The maximum Gasteiger partial charge on any atom is 0.211 e. The van der Waals surface area contributed by atoms with E-state index in [-0.39, 0.29) is 28.8 Å². The van der Waals surface area contributed by atoms with Crippen molar-refractivity contribution in [2.75, 3.05) is 0 Å². The van der Waals surface area contributed by atoms with Gasteiger partial charge >= 0.3 is 0 Å². The minimum Gasteiger partial charge on any atom is -0.507 e. The van der Waals surface area contributed by atoms with Gasteiger partial charge in [0.05, 0.1) is 5.56 Å². The number of fused-ring (bicyclic) bond motifs is 2. The molecule has 0 amide bonds. The van der Waals surface area contributed by atoms with Crippen LogP contribution in [0.4, 0.5) is 0 Å². The highest BCUT2D eigenvalue weighted by atomic mass is 16.6. The molecule has 1 aromatic carbocycles. The number of ether oxygens (including phenoxy) is 1. The molecule has 4 heteroatoms. The van der Waals surface area contributed by atoms with E-state index in [1.165, 1.54) is 6.92 Å². The molecule has 26 heavy (non-hydrogen) atoms. The number of ketones is 1. The van der Waals surface area contributed by atoms with E-state index in [0.717, 1.165) is 43.2 Å². The second kappa shape index (κ2) is 5.72. The number of carbonyl (C=O) groups excluding carboxylic acids is 1. The van der Waals surface area contributed by atoms with Crippen molar-refractivity contribution in [3.8, 4) is 11.5 Å². The highest BCUT2D eigenvalue weighted by Crippen LogP contribution is 2.74. The van der Waals surface area contributed by atoms with E-state index in [2.05, 4.69) is 20.8 Å². The van der Waals surface area contributed by atoms with E-state index in [4.69, 9.17) is 4.74 Å². The van der Waals surface area contributed by atoms with Crippen molar-refractivity contribution in [2.24, 2.45) is 17.3 Å². The predicted molar refractivity (Wildman–Crippen MR) is 99.7 cm³/mol. The fourth-order valence-electron chi connectivity index (χ4n) is 6.04. The second-order valence-electron chi connectivity index (χ2n) is 9.10. The Labute approximate surface area is 155 Å². The number of rotatable bonds is 5. The molecule has 2 unspecified atom stereocenters. The number of phenols is 1. The molecule has 1 aliphatic heterocycles. The van der Waals surface area contributed by atoms with E-state index in [1.54, 1.807) is 0 Å². The van der Waals surface area contributed by atoms with Crippen LogP contribution in [0.15, 0.2) is 6.07 Å². The highest BCUT2D eigenvalue weighted by Gasteiger charge is 2.71. The number of aromatic hydroxyl groups is 1. The van der Waals surface area contributed by atoms with Gasteiger partial charge in [0.1, 0.15) is 11.5 Å². The van der Waals surface area contributed by atoms with Gasteiger partial charge in [-0.2, -0.15) is 0 Å². The fraction of sp³-hybridized carbons (Fsp3) is 0.682. The van der Waals surface area contributed by atoms with Crippen LogP contribution in [0.5, 0.6) is 11.5 Å². The standard InChI is InChI=1S/C22H30O4/c1-5-6-7-8-13-11-15-17(20(24)16(13)12(2)23)19-18-14(21(19,3)4)9-10-22(18,25)26-15/h11,14,18-19,24-25H,5-10H2,1-4H3/t14-,18?,19?,22-/m1/s1. The topological polar surface area (TPSA) is 66.8 Å². The van der Waals surface area contributed by atoms with Gasteiger partial charge in [-0.25, -0.2) is 0 Å². The lowest BCUT2D eigenvalue weighted by molar-refractivity contribution is -0.234. The number of aryl methyl sites for hydroxylation is 1. The number of phenolic OH excluding ortho intramolecular Hbond substituents is 1. The Hall–Kier alpha value is -1.55. The minimum absolute atomic E-state index is 0.0110. The van der Waals surface area contributed by atoms with Gasteiger partial charge in [-0.15, -0.1) is 0 Å². The van der Waals surface area contributed by atoms with Crippen molar-refractivity contribution < 1.29 is 19.7 Å². The number of Topliss-reactive ketones (excluding diaryl/α,β-unsaturated/α-hetero) is 1. The van der Waals surface area contributed by atoms with E-state index in [9.17, 15) is 15.0 Å². The summed E-state index contributed by atoms with van der Waals surface area (Å²) in [4.78, 5) is 12.3. The minimum atomic E-state index is -1.12. The van der Waals surface area contributed by atoms with Crippen LogP contribution in [0.3, 0.4) is 0 Å². The van der Waals surface area contributed by atoms with Gasteiger partial charge in [-0.1, -0.05) is 33.6 Å². The summed E-state index contributed by atoms with van der Waals surface area (Å²) in [6, 6.07) is 1.91. The van der Waals surface area contributed by atoms with Crippen molar-refractivity contribution >= 4 is 5.78 Å². The first-order chi connectivity index (χ1) is 12.2. The van der Waals surface area contributed by atoms with Gasteiger partial charge in [-0.3, -0.25) is 4.79 Å². The summed E-state index contributed by atoms with van der Waals surface area (Å²) in [7, 11) is 0. The molecule has 4 nitrogen and oxygen atoms in total. The summed E-state index contributed by atoms with van der Waals surface area (Å²) in [5.41, 5.74) is 2.03. The normalized spacial score (nSPS) is 33.0. The van der Waals surface area contributed by atoms with Crippen molar-refractivity contribution in [1.29, 1.82) is 0 Å². The van der Waals surface area contributed by atoms with Crippen LogP contribution in [0.25, 0.3) is 0 Å². The smallest absolute Gasteiger partial charge is 0.211 e. The first-order valence-electron chi connectivity index (χ1n) is 10.0. The third-order valence-corrected chi connectivity index (χ3v) is 7.27. The van der Waals surface area contributed by atoms with E-state index < -0.39 is 5.79 Å². The van der Waals surface area contributed by atoms with Gasteiger partial charge in [0.15, 0.2) is 5.78 Å². The molecule has 2 aliphatic carbocycles. The summed E-state index contributed by atoms with van der Waals surface area (Å²) in [6.07, 6.45) is 5.48. The third-order valence-electron chi connectivity index (χ3n) is 7.27. The van der Waals surface area contributed by atoms with Crippen molar-refractivity contribution in [3.05, 3.63) is 22.8 Å². The van der Waals surface area contributed by atoms with E-state index in [0.29, 0.717) is 23.7 Å². The maximum atomic E-state index is 12.3. The quantitative estimate of drug-likeness (QED) is 0.598. The third kappa shape index (κ3) is 2.20. The summed E-state index contributed by atoms with van der Waals surface area (Å²) in [5.74, 6) is -0.105. The Morgan fingerprint density at radius 2 is 2.08 bits per heavy atom. The Bertz CT molecular complexity index is 766. The molecule has 0 spiro atoms. The van der Waals surface area contributed by atoms with Crippen LogP contribution >= 0.6 is 0 Å². The van der Waals surface area contributed by atoms with Crippen LogP contribution in [0, 0.1) is 17.3 Å². The van der Waals surface area contributed by atoms with Gasteiger partial charge in [0.2, 0.25) is 5.79 Å². The number of hydrogen-bond acceptors (Lipinski definition) is 4. The molecule has 3 aliphatic rings. The van der Waals surface area contributed by atoms with Crippen molar-refractivity contribution in [3.63, 3.8) is 0 Å². The molecule has 2 fully saturated rings. The Kier molecular flexibility index (Phi) is 3.93. The average molecular weight is 358 g/mol. The average Bonchev–Trinajstić information content (AvgIpc) is 2.88. The molecular formula is C22H30O4. The molecule has 0 bridgehead atoms. The zero-order valence-electron chi connectivity index (χ0n) is 16.3.